The Hall–Kier alpha value is -0.650. The monoisotopic (exact) mass is 322 g/mol. The number of amides is 1. The Bertz CT molecular complexity index is 418. The summed E-state index contributed by atoms with van der Waals surface area (Å²) in [4.78, 5) is 17.1. The number of rotatable bonds is 3. The highest BCUT2D eigenvalue weighted by Crippen LogP contribution is 2.35. The second-order valence-corrected chi connectivity index (χ2v) is 7.80. The number of hydrogen-bond acceptors (Lipinski definition) is 4. The van der Waals surface area contributed by atoms with E-state index in [-0.39, 0.29) is 18.1 Å². The van der Waals surface area contributed by atoms with Crippen LogP contribution in [-0.2, 0) is 14.3 Å². The maximum Gasteiger partial charge on any atom is 0.251 e. The van der Waals surface area contributed by atoms with Gasteiger partial charge in [-0.1, -0.05) is 0 Å². The van der Waals surface area contributed by atoms with Crippen LogP contribution in [0.3, 0.4) is 0 Å². The Morgan fingerprint density at radius 1 is 1.04 bits per heavy atom. The van der Waals surface area contributed by atoms with Crippen LogP contribution in [-0.4, -0.2) is 73.9 Å². The van der Waals surface area contributed by atoms with Crippen molar-refractivity contribution in [2.75, 3.05) is 45.9 Å². The van der Waals surface area contributed by atoms with Gasteiger partial charge in [-0.05, 0) is 56.9 Å². The first-order valence-electron chi connectivity index (χ1n) is 9.54. The predicted octanol–water partition coefficient (Wildman–Crippen LogP) is 1.51. The Morgan fingerprint density at radius 2 is 1.83 bits per heavy atom. The van der Waals surface area contributed by atoms with E-state index in [9.17, 15) is 4.79 Å². The fraction of sp³-hybridized carbons (Fsp3) is 0.944. The maximum absolute atomic E-state index is 12.6. The van der Waals surface area contributed by atoms with Gasteiger partial charge in [-0.3, -0.25) is 4.79 Å². The highest BCUT2D eigenvalue weighted by Gasteiger charge is 2.43. The van der Waals surface area contributed by atoms with E-state index in [1.54, 1.807) is 0 Å². The van der Waals surface area contributed by atoms with Crippen LogP contribution in [0.1, 0.15) is 38.5 Å². The lowest BCUT2D eigenvalue weighted by atomic mass is 9.90. The van der Waals surface area contributed by atoms with Crippen molar-refractivity contribution in [1.82, 2.24) is 9.80 Å². The van der Waals surface area contributed by atoms with Crippen molar-refractivity contribution < 1.29 is 14.3 Å². The van der Waals surface area contributed by atoms with E-state index in [2.05, 4.69) is 4.90 Å². The van der Waals surface area contributed by atoms with Gasteiger partial charge >= 0.3 is 0 Å². The van der Waals surface area contributed by atoms with Gasteiger partial charge in [-0.2, -0.15) is 0 Å². The molecule has 0 aliphatic carbocycles. The first-order valence-corrected chi connectivity index (χ1v) is 9.54. The Balaban J connectivity index is 1.28. The fourth-order valence-corrected chi connectivity index (χ4v) is 4.75. The molecular weight excluding hydrogens is 292 g/mol. The van der Waals surface area contributed by atoms with Crippen LogP contribution in [0.5, 0.6) is 0 Å². The van der Waals surface area contributed by atoms with Crippen LogP contribution in [0.4, 0.5) is 0 Å². The molecule has 0 unspecified atom stereocenters. The summed E-state index contributed by atoms with van der Waals surface area (Å²) in [6, 6.07) is 0. The van der Waals surface area contributed by atoms with Gasteiger partial charge in [-0.15, -0.1) is 0 Å². The minimum atomic E-state index is -0.161. The van der Waals surface area contributed by atoms with Gasteiger partial charge in [0.05, 0.1) is 6.10 Å². The fourth-order valence-electron chi connectivity index (χ4n) is 4.75. The third-order valence-corrected chi connectivity index (χ3v) is 6.19. The standard InChI is InChI=1S/C18H30N2O3/c21-18(20-6-1-2-7-20)16-11-15-3-8-19(13-17(15)23-16)12-14-4-9-22-10-5-14/h14-17H,1-13H2/t15-,16-,17-/m0/s1. The molecule has 0 saturated carbocycles. The molecule has 5 nitrogen and oxygen atoms in total. The maximum atomic E-state index is 12.6. The third-order valence-electron chi connectivity index (χ3n) is 6.19. The van der Waals surface area contributed by atoms with E-state index in [0.717, 1.165) is 58.0 Å². The minimum Gasteiger partial charge on any atom is -0.381 e. The van der Waals surface area contributed by atoms with Crippen molar-refractivity contribution in [2.24, 2.45) is 11.8 Å². The molecule has 1 amide bonds. The van der Waals surface area contributed by atoms with E-state index < -0.39 is 0 Å². The number of fused-ring (bicyclic) bond motifs is 1. The van der Waals surface area contributed by atoms with Gasteiger partial charge in [-0.25, -0.2) is 0 Å². The van der Waals surface area contributed by atoms with Crippen molar-refractivity contribution in [3.63, 3.8) is 0 Å². The quantitative estimate of drug-likeness (QED) is 0.790. The molecule has 0 bridgehead atoms. The van der Waals surface area contributed by atoms with Crippen molar-refractivity contribution in [1.29, 1.82) is 0 Å². The van der Waals surface area contributed by atoms with Crippen molar-refractivity contribution >= 4 is 5.91 Å². The molecule has 0 aromatic heterocycles. The van der Waals surface area contributed by atoms with Crippen LogP contribution in [0, 0.1) is 11.8 Å². The van der Waals surface area contributed by atoms with Gasteiger partial charge < -0.3 is 19.3 Å². The topological polar surface area (TPSA) is 42.0 Å². The third kappa shape index (κ3) is 3.57. The molecule has 4 aliphatic heterocycles. The lowest BCUT2D eigenvalue weighted by molar-refractivity contribution is -0.142. The lowest BCUT2D eigenvalue weighted by Crippen LogP contribution is -2.45. The molecule has 0 radical (unpaired) electrons. The number of ether oxygens (including phenoxy) is 2. The summed E-state index contributed by atoms with van der Waals surface area (Å²) < 4.78 is 11.7. The Kier molecular flexibility index (Phi) is 4.88. The number of hydrogen-bond donors (Lipinski definition) is 0. The molecule has 0 N–H and O–H groups in total. The summed E-state index contributed by atoms with van der Waals surface area (Å²) in [6.45, 7) is 7.09. The van der Waals surface area contributed by atoms with Gasteiger partial charge in [0, 0.05) is 39.4 Å². The average molecular weight is 322 g/mol. The molecule has 5 heteroatoms. The molecule has 130 valence electrons. The summed E-state index contributed by atoms with van der Waals surface area (Å²) in [7, 11) is 0. The molecule has 4 aliphatic rings. The summed E-state index contributed by atoms with van der Waals surface area (Å²) in [5.41, 5.74) is 0. The van der Waals surface area contributed by atoms with Crippen molar-refractivity contribution in [3.8, 4) is 0 Å². The number of nitrogens with zero attached hydrogens (tertiary/aromatic N) is 2. The summed E-state index contributed by atoms with van der Waals surface area (Å²) in [5, 5.41) is 0. The Morgan fingerprint density at radius 3 is 2.61 bits per heavy atom. The van der Waals surface area contributed by atoms with Gasteiger partial charge in [0.2, 0.25) is 0 Å². The number of likely N-dealkylation sites (tertiary alicyclic amines) is 2. The molecule has 23 heavy (non-hydrogen) atoms. The van der Waals surface area contributed by atoms with E-state index in [1.165, 1.54) is 32.4 Å². The molecule has 4 fully saturated rings. The second kappa shape index (κ2) is 7.08. The zero-order valence-electron chi connectivity index (χ0n) is 14.1. The first kappa shape index (κ1) is 15.9. The van der Waals surface area contributed by atoms with Crippen LogP contribution < -0.4 is 0 Å². The molecular formula is C18H30N2O3. The summed E-state index contributed by atoms with van der Waals surface area (Å²) in [6.07, 6.45) is 6.96. The number of carbonyl (C=O) groups is 1. The molecule has 0 aromatic carbocycles. The zero-order chi connectivity index (χ0) is 15.6. The lowest BCUT2D eigenvalue weighted by Gasteiger charge is -2.36. The van der Waals surface area contributed by atoms with Crippen molar-refractivity contribution in [3.05, 3.63) is 0 Å². The molecule has 0 aromatic rings. The van der Waals surface area contributed by atoms with E-state index >= 15 is 0 Å². The molecule has 4 heterocycles. The Labute approximate surface area is 139 Å². The normalized spacial score (nSPS) is 36.3. The predicted molar refractivity (Wildman–Crippen MR) is 87.2 cm³/mol. The van der Waals surface area contributed by atoms with Crippen LogP contribution in [0.25, 0.3) is 0 Å². The summed E-state index contributed by atoms with van der Waals surface area (Å²) in [5.74, 6) is 1.63. The highest BCUT2D eigenvalue weighted by atomic mass is 16.5. The highest BCUT2D eigenvalue weighted by molar-refractivity contribution is 5.81. The average Bonchev–Trinajstić information content (AvgIpc) is 3.24. The molecule has 4 saturated heterocycles. The van der Waals surface area contributed by atoms with Crippen LogP contribution >= 0.6 is 0 Å². The van der Waals surface area contributed by atoms with Gasteiger partial charge in [0.25, 0.3) is 5.91 Å². The zero-order valence-corrected chi connectivity index (χ0v) is 14.1. The van der Waals surface area contributed by atoms with E-state index in [0.29, 0.717) is 5.92 Å². The SMILES string of the molecule is O=C([C@@H]1C[C@@H]2CCN(CC3CCOCC3)C[C@@H]2O1)N1CCCC1. The van der Waals surface area contributed by atoms with E-state index in [1.807, 2.05) is 4.90 Å². The van der Waals surface area contributed by atoms with Crippen LogP contribution in [0.15, 0.2) is 0 Å². The number of carbonyl (C=O) groups excluding carboxylic acids is 1. The number of piperidine rings is 1. The first-order chi connectivity index (χ1) is 11.3. The van der Waals surface area contributed by atoms with E-state index in [4.69, 9.17) is 9.47 Å². The van der Waals surface area contributed by atoms with Crippen LogP contribution in [0.2, 0.25) is 0 Å². The molecule has 0 spiro atoms. The molecule has 4 rings (SSSR count). The second-order valence-electron chi connectivity index (χ2n) is 7.80. The minimum absolute atomic E-state index is 0.161. The van der Waals surface area contributed by atoms with Gasteiger partial charge in [0.1, 0.15) is 6.10 Å². The molecule has 3 atom stereocenters. The largest absolute Gasteiger partial charge is 0.381 e. The van der Waals surface area contributed by atoms with Crippen molar-refractivity contribution in [2.45, 2.75) is 50.7 Å². The van der Waals surface area contributed by atoms with Gasteiger partial charge in [0.15, 0.2) is 0 Å². The summed E-state index contributed by atoms with van der Waals surface area (Å²) >= 11 is 0. The smallest absolute Gasteiger partial charge is 0.251 e.